The lowest BCUT2D eigenvalue weighted by molar-refractivity contribution is -0.137. The van der Waals surface area contributed by atoms with Gasteiger partial charge in [0.2, 0.25) is 5.95 Å². The van der Waals surface area contributed by atoms with Crippen LogP contribution in [-0.4, -0.2) is 26.0 Å². The maximum atomic E-state index is 14.6. The maximum Gasteiger partial charge on any atom is 0.416 e. The molecule has 0 saturated carbocycles. The molecule has 12 heteroatoms. The summed E-state index contributed by atoms with van der Waals surface area (Å²) in [5.41, 5.74) is 6.43. The normalized spacial score (nSPS) is 11.9. The molecule has 0 saturated heterocycles. The van der Waals surface area contributed by atoms with E-state index < -0.39 is 23.6 Å². The minimum atomic E-state index is -4.50. The first-order chi connectivity index (χ1) is 17.3. The highest BCUT2D eigenvalue weighted by Gasteiger charge is 2.30. The predicted octanol–water partition coefficient (Wildman–Crippen LogP) is 6.22. The van der Waals surface area contributed by atoms with Crippen molar-refractivity contribution >= 4 is 23.4 Å². The van der Waals surface area contributed by atoms with Gasteiger partial charge in [-0.2, -0.15) is 13.2 Å². The molecule has 2 heterocycles. The first kappa shape index (κ1) is 25.6. The minimum Gasteiger partial charge on any atom is -0.368 e. The van der Waals surface area contributed by atoms with Crippen molar-refractivity contribution in [2.45, 2.75) is 32.4 Å². The van der Waals surface area contributed by atoms with Crippen LogP contribution in [0.1, 0.15) is 32.2 Å². The number of alkyl halides is 3. The van der Waals surface area contributed by atoms with Crippen molar-refractivity contribution in [3.8, 4) is 22.6 Å². The van der Waals surface area contributed by atoms with Crippen LogP contribution < -0.4 is 16.4 Å². The Labute approximate surface area is 209 Å². The molecule has 0 aliphatic rings. The van der Waals surface area contributed by atoms with Crippen LogP contribution in [0.3, 0.4) is 0 Å². The number of imidazole rings is 1. The van der Waals surface area contributed by atoms with Crippen LogP contribution in [0.4, 0.5) is 39.7 Å². The van der Waals surface area contributed by atoms with E-state index in [0.29, 0.717) is 28.5 Å². The maximum absolute atomic E-state index is 14.6. The second-order valence-electron chi connectivity index (χ2n) is 9.21. The number of carbonyl (C=O) groups excluding carboxylic acids is 1. The third-order valence-corrected chi connectivity index (χ3v) is 5.30. The second kappa shape index (κ2) is 9.52. The molecule has 0 atom stereocenters. The van der Waals surface area contributed by atoms with Gasteiger partial charge in [-0.15, -0.1) is 0 Å². The lowest BCUT2D eigenvalue weighted by Crippen LogP contribution is -2.20. The first-order valence-electron chi connectivity index (χ1n) is 11.1. The Bertz CT molecular complexity index is 1440. The molecule has 0 radical (unpaired) electrons. The number of nitrogen functional groups attached to an aromatic ring is 1. The summed E-state index contributed by atoms with van der Waals surface area (Å²) in [4.78, 5) is 28.6. The van der Waals surface area contributed by atoms with Gasteiger partial charge in [0.15, 0.2) is 0 Å². The summed E-state index contributed by atoms with van der Waals surface area (Å²) in [7, 11) is 0. The van der Waals surface area contributed by atoms with Crippen molar-refractivity contribution < 1.29 is 22.4 Å². The van der Waals surface area contributed by atoms with E-state index in [0.717, 1.165) is 24.3 Å². The number of urea groups is 1. The van der Waals surface area contributed by atoms with Crippen LogP contribution in [0.5, 0.6) is 0 Å². The largest absolute Gasteiger partial charge is 0.416 e. The van der Waals surface area contributed by atoms with Crippen molar-refractivity contribution in [3.05, 3.63) is 71.9 Å². The number of aromatic amines is 1. The predicted molar refractivity (Wildman–Crippen MR) is 132 cm³/mol. The summed E-state index contributed by atoms with van der Waals surface area (Å²) in [6, 6.07) is 8.78. The number of nitrogens with two attached hydrogens (primary N) is 1. The van der Waals surface area contributed by atoms with Crippen LogP contribution in [-0.2, 0) is 11.6 Å². The third-order valence-electron chi connectivity index (χ3n) is 5.30. The molecule has 0 unspecified atom stereocenters. The van der Waals surface area contributed by atoms with Gasteiger partial charge in [-0.3, -0.25) is 0 Å². The van der Waals surface area contributed by atoms with Gasteiger partial charge >= 0.3 is 12.2 Å². The third kappa shape index (κ3) is 5.85. The molecule has 2 aromatic heterocycles. The summed E-state index contributed by atoms with van der Waals surface area (Å²) in [5.74, 6) is -0.00365. The summed E-state index contributed by atoms with van der Waals surface area (Å²) >= 11 is 0. The zero-order chi connectivity index (χ0) is 27.0. The molecule has 192 valence electrons. The molecule has 0 bridgehead atoms. The number of halogens is 4. The average molecular weight is 513 g/mol. The van der Waals surface area contributed by atoms with E-state index in [1.165, 1.54) is 24.4 Å². The van der Waals surface area contributed by atoms with Gasteiger partial charge in [-0.1, -0.05) is 20.8 Å². The van der Waals surface area contributed by atoms with E-state index in [2.05, 4.69) is 25.6 Å². The molecule has 2 amide bonds. The van der Waals surface area contributed by atoms with Gasteiger partial charge in [0, 0.05) is 22.9 Å². The highest BCUT2D eigenvalue weighted by atomic mass is 19.4. The molecule has 0 aliphatic carbocycles. The quantitative estimate of drug-likeness (QED) is 0.242. The molecule has 4 rings (SSSR count). The molecule has 2 aromatic carbocycles. The average Bonchev–Trinajstić information content (AvgIpc) is 3.26. The molecule has 37 heavy (non-hydrogen) atoms. The number of aromatic nitrogens is 4. The Hall–Kier alpha value is -4.48. The minimum absolute atomic E-state index is 0.0664. The summed E-state index contributed by atoms with van der Waals surface area (Å²) in [6.07, 6.45) is -3.00. The Balaban J connectivity index is 1.64. The van der Waals surface area contributed by atoms with Crippen molar-refractivity contribution in [1.82, 2.24) is 19.9 Å². The van der Waals surface area contributed by atoms with Crippen molar-refractivity contribution in [3.63, 3.8) is 0 Å². The van der Waals surface area contributed by atoms with Crippen LogP contribution in [0.25, 0.3) is 22.6 Å². The van der Waals surface area contributed by atoms with Crippen LogP contribution in [0.15, 0.2) is 54.7 Å². The van der Waals surface area contributed by atoms with E-state index in [-0.39, 0.29) is 22.7 Å². The lowest BCUT2D eigenvalue weighted by Gasteiger charge is -2.14. The first-order valence-corrected chi connectivity index (χ1v) is 11.1. The van der Waals surface area contributed by atoms with Gasteiger partial charge < -0.3 is 21.4 Å². The number of rotatable bonds is 4. The van der Waals surface area contributed by atoms with E-state index in [1.54, 1.807) is 6.07 Å². The Morgan fingerprint density at radius 1 is 0.973 bits per heavy atom. The van der Waals surface area contributed by atoms with E-state index in [9.17, 15) is 22.4 Å². The summed E-state index contributed by atoms with van der Waals surface area (Å²) in [5, 5.41) is 4.77. The number of benzene rings is 2. The number of carbonyl (C=O) groups is 1. The standard InChI is InChI=1S/C25H23F4N7O/c1-24(2,3)21-35-19(20(36-21)17-10-11-31-22(30)33-17)13-4-9-16(26)18(12-13)34-23(37)32-15-7-5-14(6-8-15)25(27,28)29/h4-12H,1-3H3,(H,35,36)(H2,30,31,33)(H2,32,34,37). The summed E-state index contributed by atoms with van der Waals surface area (Å²) < 4.78 is 52.9. The van der Waals surface area contributed by atoms with E-state index in [1.807, 2.05) is 20.8 Å². The number of nitrogens with zero attached hydrogens (tertiary/aromatic N) is 3. The number of amides is 2. The number of anilines is 3. The highest BCUT2D eigenvalue weighted by molar-refractivity contribution is 6.00. The molecule has 0 fully saturated rings. The van der Waals surface area contributed by atoms with Crippen LogP contribution in [0.2, 0.25) is 0 Å². The Morgan fingerprint density at radius 3 is 2.30 bits per heavy atom. The zero-order valence-electron chi connectivity index (χ0n) is 20.0. The molecular formula is C25H23F4N7O. The van der Waals surface area contributed by atoms with Gasteiger partial charge in [0.05, 0.1) is 28.3 Å². The number of hydrogen-bond donors (Lipinski definition) is 4. The zero-order valence-corrected chi connectivity index (χ0v) is 20.0. The lowest BCUT2D eigenvalue weighted by atomic mass is 9.96. The Morgan fingerprint density at radius 2 is 1.68 bits per heavy atom. The number of H-pyrrole nitrogens is 1. The number of nitrogens with one attached hydrogen (secondary N) is 3. The SMILES string of the molecule is CC(C)(C)c1nc(-c2ccc(F)c(NC(=O)Nc3ccc(C(F)(F)F)cc3)c2)c(-c2ccnc(N)n2)[nH]1. The van der Waals surface area contributed by atoms with Crippen molar-refractivity contribution in [1.29, 1.82) is 0 Å². The van der Waals surface area contributed by atoms with Crippen molar-refractivity contribution in [2.24, 2.45) is 0 Å². The van der Waals surface area contributed by atoms with Crippen LogP contribution in [0, 0.1) is 5.82 Å². The summed E-state index contributed by atoms with van der Waals surface area (Å²) in [6.45, 7) is 5.91. The fourth-order valence-electron chi connectivity index (χ4n) is 3.43. The van der Waals surface area contributed by atoms with Gasteiger partial charge in [0.1, 0.15) is 11.6 Å². The molecule has 0 aliphatic heterocycles. The molecule has 5 N–H and O–H groups in total. The topological polar surface area (TPSA) is 122 Å². The molecular weight excluding hydrogens is 490 g/mol. The van der Waals surface area contributed by atoms with Crippen molar-refractivity contribution in [2.75, 3.05) is 16.4 Å². The molecule has 4 aromatic rings. The smallest absolute Gasteiger partial charge is 0.368 e. The fourth-order valence-corrected chi connectivity index (χ4v) is 3.43. The van der Waals surface area contributed by atoms with Gasteiger partial charge in [-0.25, -0.2) is 24.1 Å². The van der Waals surface area contributed by atoms with Crippen LogP contribution >= 0.6 is 0 Å². The second-order valence-corrected chi connectivity index (χ2v) is 9.21. The Kier molecular flexibility index (Phi) is 6.59. The van der Waals surface area contributed by atoms with Gasteiger partial charge in [-0.05, 0) is 48.5 Å². The fraction of sp³-hybridized carbons (Fsp3) is 0.200. The number of hydrogen-bond acceptors (Lipinski definition) is 5. The highest BCUT2D eigenvalue weighted by Crippen LogP contribution is 2.34. The van der Waals surface area contributed by atoms with E-state index in [4.69, 9.17) is 10.7 Å². The molecule has 8 nitrogen and oxygen atoms in total. The van der Waals surface area contributed by atoms with Gasteiger partial charge in [0.25, 0.3) is 0 Å². The van der Waals surface area contributed by atoms with E-state index >= 15 is 0 Å². The molecule has 0 spiro atoms. The monoisotopic (exact) mass is 513 g/mol.